The number of likely N-dealkylation sites (tertiary alicyclic amines) is 1. The fraction of sp³-hybridized carbons (Fsp3) is 0.692. The normalized spacial score (nSPS) is 20.8. The second kappa shape index (κ2) is 6.54. The fourth-order valence-corrected chi connectivity index (χ4v) is 2.47. The zero-order valence-electron chi connectivity index (χ0n) is 11.0. The van der Waals surface area contributed by atoms with Crippen molar-refractivity contribution in [2.24, 2.45) is 5.92 Å². The number of rotatable bonds is 5. The van der Waals surface area contributed by atoms with Gasteiger partial charge in [0, 0.05) is 19.3 Å². The highest BCUT2D eigenvalue weighted by Crippen LogP contribution is 2.15. The zero-order valence-corrected chi connectivity index (χ0v) is 11.0. The van der Waals surface area contributed by atoms with E-state index in [4.69, 9.17) is 0 Å². The summed E-state index contributed by atoms with van der Waals surface area (Å²) in [5, 5.41) is 9.32. The number of nitrogens with one attached hydrogen (secondary N) is 2. The maximum Gasteiger partial charge on any atom is 0.269 e. The Morgan fingerprint density at radius 1 is 1.67 bits per heavy atom. The number of aromatic nitrogens is 2. The molecule has 0 radical (unpaired) electrons. The lowest BCUT2D eigenvalue weighted by Gasteiger charge is -2.30. The maximum absolute atomic E-state index is 11.6. The van der Waals surface area contributed by atoms with Gasteiger partial charge >= 0.3 is 0 Å². The van der Waals surface area contributed by atoms with Crippen LogP contribution in [0.5, 0.6) is 0 Å². The Labute approximate surface area is 108 Å². The van der Waals surface area contributed by atoms with Crippen molar-refractivity contribution < 1.29 is 4.79 Å². The number of carbonyl (C=O) groups excluding carboxylic acids is 1. The van der Waals surface area contributed by atoms with Gasteiger partial charge < -0.3 is 10.2 Å². The Morgan fingerprint density at radius 2 is 2.56 bits per heavy atom. The number of H-pyrrole nitrogens is 1. The van der Waals surface area contributed by atoms with Crippen molar-refractivity contribution in [3.05, 3.63) is 18.0 Å². The molecule has 2 heterocycles. The number of piperidine rings is 1. The molecule has 0 aliphatic carbocycles. The summed E-state index contributed by atoms with van der Waals surface area (Å²) in [5.74, 6) is 0.748. The molecule has 1 fully saturated rings. The molecule has 18 heavy (non-hydrogen) atoms. The molecule has 1 aliphatic rings. The molecule has 1 aliphatic heterocycles. The number of amides is 1. The molecule has 2 N–H and O–H groups in total. The average Bonchev–Trinajstić information content (AvgIpc) is 2.88. The van der Waals surface area contributed by atoms with E-state index < -0.39 is 0 Å². The van der Waals surface area contributed by atoms with Gasteiger partial charge in [0.25, 0.3) is 5.91 Å². The highest BCUT2D eigenvalue weighted by atomic mass is 16.1. The minimum atomic E-state index is -0.0699. The van der Waals surface area contributed by atoms with E-state index in [1.807, 2.05) is 0 Å². The monoisotopic (exact) mass is 250 g/mol. The molecule has 1 aromatic rings. The zero-order chi connectivity index (χ0) is 12.8. The first-order valence-corrected chi connectivity index (χ1v) is 6.75. The van der Waals surface area contributed by atoms with E-state index in [0.717, 1.165) is 25.4 Å². The summed E-state index contributed by atoms with van der Waals surface area (Å²) in [5.41, 5.74) is 0.529. The van der Waals surface area contributed by atoms with Gasteiger partial charge in [0.05, 0.1) is 0 Å². The molecule has 5 heteroatoms. The fourth-order valence-electron chi connectivity index (χ4n) is 2.47. The van der Waals surface area contributed by atoms with Gasteiger partial charge in [-0.15, -0.1) is 0 Å². The van der Waals surface area contributed by atoms with Crippen LogP contribution in [0.25, 0.3) is 0 Å². The minimum Gasteiger partial charge on any atom is -0.351 e. The summed E-state index contributed by atoms with van der Waals surface area (Å²) in [4.78, 5) is 14.1. The van der Waals surface area contributed by atoms with Crippen LogP contribution >= 0.6 is 0 Å². The summed E-state index contributed by atoms with van der Waals surface area (Å²) in [6.45, 7) is 6.52. The molecule has 1 aromatic heterocycles. The lowest BCUT2D eigenvalue weighted by atomic mass is 10.0. The second-order valence-electron chi connectivity index (χ2n) is 5.13. The minimum absolute atomic E-state index is 0.0699. The molecule has 100 valence electrons. The summed E-state index contributed by atoms with van der Waals surface area (Å²) >= 11 is 0. The number of nitrogens with zero attached hydrogens (tertiary/aromatic N) is 2. The molecule has 1 atom stereocenters. The molecule has 1 unspecified atom stereocenters. The van der Waals surface area contributed by atoms with E-state index in [2.05, 4.69) is 27.3 Å². The van der Waals surface area contributed by atoms with Gasteiger partial charge in [0.2, 0.25) is 0 Å². The summed E-state index contributed by atoms with van der Waals surface area (Å²) in [7, 11) is 0. The Hall–Kier alpha value is -1.36. The predicted octanol–water partition coefficient (Wildman–Crippen LogP) is 1.26. The van der Waals surface area contributed by atoms with Gasteiger partial charge in [-0.2, -0.15) is 5.10 Å². The highest BCUT2D eigenvalue weighted by molar-refractivity contribution is 5.91. The van der Waals surface area contributed by atoms with Crippen molar-refractivity contribution in [3.63, 3.8) is 0 Å². The van der Waals surface area contributed by atoms with Gasteiger partial charge in [0.1, 0.15) is 5.69 Å². The molecule has 1 amide bonds. The van der Waals surface area contributed by atoms with Crippen molar-refractivity contribution in [1.29, 1.82) is 0 Å². The molecule has 5 nitrogen and oxygen atoms in total. The van der Waals surface area contributed by atoms with Crippen molar-refractivity contribution >= 4 is 5.91 Å². The molecule has 2 rings (SSSR count). The summed E-state index contributed by atoms with van der Waals surface area (Å²) in [6, 6.07) is 1.68. The number of carbonyl (C=O) groups is 1. The van der Waals surface area contributed by atoms with Crippen molar-refractivity contribution in [1.82, 2.24) is 20.4 Å². The van der Waals surface area contributed by atoms with Crippen molar-refractivity contribution in [3.8, 4) is 0 Å². The Balaban J connectivity index is 1.60. The lowest BCUT2D eigenvalue weighted by molar-refractivity contribution is 0.0945. The van der Waals surface area contributed by atoms with Crippen LogP contribution < -0.4 is 5.32 Å². The van der Waals surface area contributed by atoms with Gasteiger partial charge in [-0.25, -0.2) is 0 Å². The lowest BCUT2D eigenvalue weighted by Crippen LogP contribution is -2.36. The third kappa shape index (κ3) is 3.84. The van der Waals surface area contributed by atoms with Gasteiger partial charge in [-0.1, -0.05) is 6.92 Å². The quantitative estimate of drug-likeness (QED) is 0.773. The van der Waals surface area contributed by atoms with E-state index in [0.29, 0.717) is 5.69 Å². The Bertz CT molecular complexity index is 363. The van der Waals surface area contributed by atoms with E-state index in [1.165, 1.54) is 25.9 Å². The Morgan fingerprint density at radius 3 is 3.28 bits per heavy atom. The highest BCUT2D eigenvalue weighted by Gasteiger charge is 2.15. The van der Waals surface area contributed by atoms with Crippen LogP contribution in [0, 0.1) is 5.92 Å². The number of hydrogen-bond donors (Lipinski definition) is 2. The molecule has 0 saturated carbocycles. The van der Waals surface area contributed by atoms with Gasteiger partial charge in [-0.05, 0) is 44.3 Å². The van der Waals surface area contributed by atoms with Crippen LogP contribution in [0.1, 0.15) is 36.7 Å². The summed E-state index contributed by atoms with van der Waals surface area (Å²) < 4.78 is 0. The number of aromatic amines is 1. The van der Waals surface area contributed by atoms with Crippen LogP contribution in [0.2, 0.25) is 0 Å². The topological polar surface area (TPSA) is 61.0 Å². The van der Waals surface area contributed by atoms with E-state index in [1.54, 1.807) is 12.3 Å². The molecular weight excluding hydrogens is 228 g/mol. The van der Waals surface area contributed by atoms with Gasteiger partial charge in [-0.3, -0.25) is 9.89 Å². The first-order valence-electron chi connectivity index (χ1n) is 6.75. The first kappa shape index (κ1) is 13.1. The predicted molar refractivity (Wildman–Crippen MR) is 70.4 cm³/mol. The van der Waals surface area contributed by atoms with Crippen LogP contribution in [-0.4, -0.2) is 47.2 Å². The average molecular weight is 250 g/mol. The summed E-state index contributed by atoms with van der Waals surface area (Å²) in [6.07, 6.45) is 5.26. The van der Waals surface area contributed by atoms with Gasteiger partial charge in [0.15, 0.2) is 0 Å². The van der Waals surface area contributed by atoms with E-state index >= 15 is 0 Å². The largest absolute Gasteiger partial charge is 0.351 e. The van der Waals surface area contributed by atoms with Crippen molar-refractivity contribution in [2.75, 3.05) is 26.2 Å². The second-order valence-corrected chi connectivity index (χ2v) is 5.13. The molecule has 0 aromatic carbocycles. The maximum atomic E-state index is 11.6. The third-order valence-electron chi connectivity index (χ3n) is 3.42. The molecule has 0 bridgehead atoms. The van der Waals surface area contributed by atoms with Crippen LogP contribution in [0.4, 0.5) is 0 Å². The van der Waals surface area contributed by atoms with E-state index in [9.17, 15) is 4.79 Å². The van der Waals surface area contributed by atoms with E-state index in [-0.39, 0.29) is 5.91 Å². The van der Waals surface area contributed by atoms with Crippen LogP contribution in [-0.2, 0) is 0 Å². The molecular formula is C13H22N4O. The number of hydrogen-bond acceptors (Lipinski definition) is 3. The SMILES string of the molecule is CC1CCCN(CCCNC(=O)c2ccn[nH]2)C1. The van der Waals surface area contributed by atoms with Crippen molar-refractivity contribution in [2.45, 2.75) is 26.2 Å². The smallest absolute Gasteiger partial charge is 0.269 e. The standard InChI is InChI=1S/C13H22N4O/c1-11-4-2-8-17(10-11)9-3-6-14-13(18)12-5-7-15-16-12/h5,7,11H,2-4,6,8-10H2,1H3,(H,14,18)(H,15,16). The van der Waals surface area contributed by atoms with Crippen LogP contribution in [0.3, 0.4) is 0 Å². The first-order chi connectivity index (χ1) is 8.75. The molecule has 1 saturated heterocycles. The van der Waals surface area contributed by atoms with Crippen LogP contribution in [0.15, 0.2) is 12.3 Å². The third-order valence-corrected chi connectivity index (χ3v) is 3.42. The Kier molecular flexibility index (Phi) is 4.75. The molecule has 0 spiro atoms.